The van der Waals surface area contributed by atoms with Crippen molar-refractivity contribution in [3.63, 3.8) is 0 Å². The lowest BCUT2D eigenvalue weighted by molar-refractivity contribution is -0.137. The summed E-state index contributed by atoms with van der Waals surface area (Å²) in [5, 5.41) is 6.49. The van der Waals surface area contributed by atoms with Gasteiger partial charge in [-0.15, -0.1) is 11.3 Å². The van der Waals surface area contributed by atoms with Gasteiger partial charge in [0.2, 0.25) is 5.95 Å². The summed E-state index contributed by atoms with van der Waals surface area (Å²) in [6, 6.07) is 4.74. The maximum Gasteiger partial charge on any atom is 0.420 e. The number of sulfone groups is 2. The highest BCUT2D eigenvalue weighted by Gasteiger charge is 2.37. The molecule has 15 heteroatoms. The van der Waals surface area contributed by atoms with Gasteiger partial charge >= 0.3 is 6.18 Å². The Labute approximate surface area is 232 Å². The van der Waals surface area contributed by atoms with Crippen molar-refractivity contribution in [2.24, 2.45) is 0 Å². The Kier molecular flexibility index (Phi) is 7.29. The van der Waals surface area contributed by atoms with Gasteiger partial charge in [-0.2, -0.15) is 13.2 Å². The predicted molar refractivity (Wildman–Crippen MR) is 145 cm³/mol. The second kappa shape index (κ2) is 10.1. The molecule has 2 N–H and O–H groups in total. The lowest BCUT2D eigenvalue weighted by atomic mass is 10.0. The number of halogens is 4. The van der Waals surface area contributed by atoms with Crippen LogP contribution in [0.3, 0.4) is 0 Å². The summed E-state index contributed by atoms with van der Waals surface area (Å²) in [6.45, 7) is 1.43. The zero-order valence-corrected chi connectivity index (χ0v) is 23.6. The Balaban J connectivity index is 1.61. The van der Waals surface area contributed by atoms with E-state index in [4.69, 9.17) is 11.6 Å². The molecule has 0 fully saturated rings. The lowest BCUT2D eigenvalue weighted by Crippen LogP contribution is -2.23. The largest absolute Gasteiger partial charge is 0.420 e. The molecule has 8 nitrogen and oxygen atoms in total. The minimum Gasteiger partial charge on any atom is -0.323 e. The molecule has 0 aliphatic carbocycles. The quantitative estimate of drug-likeness (QED) is 0.416. The SMILES string of the molecule is CS(=O)(=O)c1cc(-c2nc(Nc3cc4c(cc3Cl)CNCC4)ncc2C(F)(F)F)sc1C1=CCS(=O)(=O)CC1. The highest BCUT2D eigenvalue weighted by Crippen LogP contribution is 2.44. The van der Waals surface area contributed by atoms with Gasteiger partial charge in [-0.3, -0.25) is 0 Å². The Morgan fingerprint density at radius 2 is 1.92 bits per heavy atom. The number of benzene rings is 1. The molecular formula is C24H22ClF3N4O4S3. The highest BCUT2D eigenvalue weighted by molar-refractivity contribution is 7.91. The summed E-state index contributed by atoms with van der Waals surface area (Å²) in [7, 11) is -7.16. The number of fused-ring (bicyclic) bond motifs is 1. The molecule has 2 aromatic heterocycles. The van der Waals surface area contributed by atoms with Gasteiger partial charge in [-0.05, 0) is 54.3 Å². The molecule has 2 aliphatic heterocycles. The van der Waals surface area contributed by atoms with E-state index in [1.165, 1.54) is 6.08 Å². The monoisotopic (exact) mass is 618 g/mol. The number of alkyl halides is 3. The van der Waals surface area contributed by atoms with Crippen LogP contribution in [-0.2, 0) is 38.8 Å². The number of rotatable bonds is 5. The second-order valence-electron chi connectivity index (χ2n) is 9.28. The molecule has 0 radical (unpaired) electrons. The zero-order valence-electron chi connectivity index (χ0n) is 20.4. The van der Waals surface area contributed by atoms with Crippen molar-refractivity contribution in [3.05, 3.63) is 57.1 Å². The third-order valence-corrected chi connectivity index (χ3v) is 10.7. The highest BCUT2D eigenvalue weighted by atomic mass is 35.5. The van der Waals surface area contributed by atoms with Crippen LogP contribution in [0, 0.1) is 0 Å². The van der Waals surface area contributed by atoms with Crippen molar-refractivity contribution in [2.75, 3.05) is 29.6 Å². The molecule has 0 spiro atoms. The van der Waals surface area contributed by atoms with Gasteiger partial charge < -0.3 is 10.6 Å². The fourth-order valence-corrected chi connectivity index (χ4v) is 8.40. The fourth-order valence-electron chi connectivity index (χ4n) is 4.43. The van der Waals surface area contributed by atoms with Crippen LogP contribution in [-0.4, -0.2) is 51.1 Å². The minimum absolute atomic E-state index is 0.0415. The van der Waals surface area contributed by atoms with Crippen LogP contribution in [0.5, 0.6) is 0 Å². The van der Waals surface area contributed by atoms with Crippen molar-refractivity contribution in [1.29, 1.82) is 0 Å². The number of hydrogen-bond acceptors (Lipinski definition) is 9. The third kappa shape index (κ3) is 5.99. The van der Waals surface area contributed by atoms with Crippen molar-refractivity contribution >= 4 is 59.8 Å². The predicted octanol–water partition coefficient (Wildman–Crippen LogP) is 4.87. The summed E-state index contributed by atoms with van der Waals surface area (Å²) >= 11 is 7.23. The molecule has 0 bridgehead atoms. The van der Waals surface area contributed by atoms with Crippen molar-refractivity contribution in [3.8, 4) is 10.6 Å². The van der Waals surface area contributed by atoms with Crippen LogP contribution in [0.2, 0.25) is 5.02 Å². The van der Waals surface area contributed by atoms with Gasteiger partial charge in [0.05, 0.1) is 37.7 Å². The van der Waals surface area contributed by atoms with Gasteiger partial charge in [-0.25, -0.2) is 26.8 Å². The summed E-state index contributed by atoms with van der Waals surface area (Å²) in [4.78, 5) is 7.99. The zero-order chi connectivity index (χ0) is 28.2. The molecule has 208 valence electrons. The molecule has 39 heavy (non-hydrogen) atoms. The normalized spacial score (nSPS) is 17.4. The Morgan fingerprint density at radius 1 is 1.15 bits per heavy atom. The molecule has 2 aliphatic rings. The molecule has 4 heterocycles. The third-order valence-electron chi connectivity index (χ3n) is 6.41. The lowest BCUT2D eigenvalue weighted by Gasteiger charge is -2.19. The summed E-state index contributed by atoms with van der Waals surface area (Å²) < 4.78 is 90.9. The van der Waals surface area contributed by atoms with Crippen molar-refractivity contribution in [1.82, 2.24) is 15.3 Å². The van der Waals surface area contributed by atoms with E-state index in [-0.39, 0.29) is 38.5 Å². The van der Waals surface area contributed by atoms with E-state index < -0.39 is 37.1 Å². The first-order chi connectivity index (χ1) is 18.2. The van der Waals surface area contributed by atoms with Crippen molar-refractivity contribution in [2.45, 2.75) is 30.5 Å². The van der Waals surface area contributed by atoms with Gasteiger partial charge in [-0.1, -0.05) is 17.7 Å². The number of nitrogens with zero attached hydrogens (tertiary/aromatic N) is 2. The Morgan fingerprint density at radius 3 is 2.59 bits per heavy atom. The van der Waals surface area contributed by atoms with E-state index in [0.717, 1.165) is 47.8 Å². The topological polar surface area (TPSA) is 118 Å². The van der Waals surface area contributed by atoms with Crippen LogP contribution in [0.15, 0.2) is 35.4 Å². The minimum atomic E-state index is -4.82. The van der Waals surface area contributed by atoms with E-state index in [0.29, 0.717) is 29.0 Å². The standard InChI is InChI=1S/C24H22ClF3N4O4S3/c1-38(33,34)20-10-19(37-22(20)13-3-6-39(35,36)7-4-13)21-16(24(26,27)28)12-30-23(32-21)31-18-9-14-2-5-29-11-15(14)8-17(18)25/h3,8-10,12,29H,2,4-7,11H2,1H3,(H,30,31,32). The van der Waals surface area contributed by atoms with E-state index in [2.05, 4.69) is 20.6 Å². The fraction of sp³-hybridized carbons (Fsp3) is 0.333. The maximum atomic E-state index is 14.0. The first kappa shape index (κ1) is 28.0. The van der Waals surface area contributed by atoms with E-state index in [1.54, 1.807) is 6.07 Å². The van der Waals surface area contributed by atoms with E-state index >= 15 is 0 Å². The van der Waals surface area contributed by atoms with Gasteiger partial charge in [0.1, 0.15) is 5.56 Å². The summed E-state index contributed by atoms with van der Waals surface area (Å²) in [5.74, 6) is -0.596. The Bertz CT molecular complexity index is 1720. The van der Waals surface area contributed by atoms with Crippen LogP contribution in [0.1, 0.15) is 28.0 Å². The molecular weight excluding hydrogens is 597 g/mol. The number of thiophene rings is 1. The average molecular weight is 619 g/mol. The second-order valence-corrected chi connectivity index (χ2v) is 14.9. The molecule has 0 unspecified atom stereocenters. The number of allylic oxidation sites excluding steroid dienone is 1. The molecule has 0 atom stereocenters. The molecule has 5 rings (SSSR count). The van der Waals surface area contributed by atoms with E-state index in [1.807, 2.05) is 6.07 Å². The molecule has 0 saturated heterocycles. The van der Waals surface area contributed by atoms with Gasteiger partial charge in [0.25, 0.3) is 0 Å². The molecule has 0 saturated carbocycles. The summed E-state index contributed by atoms with van der Waals surface area (Å²) in [5.41, 5.74) is 1.32. The van der Waals surface area contributed by atoms with Crippen molar-refractivity contribution < 1.29 is 30.0 Å². The van der Waals surface area contributed by atoms with Crippen LogP contribution >= 0.6 is 22.9 Å². The number of nitrogens with one attached hydrogen (secondary N) is 2. The number of anilines is 2. The molecule has 0 amide bonds. The van der Waals surface area contributed by atoms with Gasteiger partial charge in [0, 0.05) is 23.9 Å². The Hall–Kier alpha value is -2.52. The van der Waals surface area contributed by atoms with Crippen LogP contribution in [0.25, 0.3) is 16.1 Å². The average Bonchev–Trinajstić information content (AvgIpc) is 3.30. The number of hydrogen-bond donors (Lipinski definition) is 2. The van der Waals surface area contributed by atoms with E-state index in [9.17, 15) is 30.0 Å². The first-order valence-corrected chi connectivity index (χ1v) is 16.6. The molecule has 1 aromatic carbocycles. The first-order valence-electron chi connectivity index (χ1n) is 11.7. The molecule has 3 aromatic rings. The smallest absolute Gasteiger partial charge is 0.323 e. The summed E-state index contributed by atoms with van der Waals surface area (Å²) in [6.07, 6.45) is -1.00. The van der Waals surface area contributed by atoms with Crippen LogP contribution in [0.4, 0.5) is 24.8 Å². The number of aromatic nitrogens is 2. The maximum absolute atomic E-state index is 14.0. The van der Waals surface area contributed by atoms with Gasteiger partial charge in [0.15, 0.2) is 19.7 Å². The van der Waals surface area contributed by atoms with Crippen LogP contribution < -0.4 is 10.6 Å².